The quantitative estimate of drug-likeness (QED) is 0.619. The van der Waals surface area contributed by atoms with E-state index in [4.69, 9.17) is 4.74 Å². The van der Waals surface area contributed by atoms with Gasteiger partial charge in [0.05, 0.1) is 18.3 Å². The molecule has 1 aliphatic rings. The van der Waals surface area contributed by atoms with Crippen LogP contribution >= 0.6 is 11.3 Å². The molecule has 1 aliphatic carbocycles. The molecule has 1 N–H and O–H groups in total. The van der Waals surface area contributed by atoms with Crippen molar-refractivity contribution in [3.63, 3.8) is 0 Å². The van der Waals surface area contributed by atoms with Gasteiger partial charge >= 0.3 is 0 Å². The van der Waals surface area contributed by atoms with Gasteiger partial charge in [0.2, 0.25) is 0 Å². The highest BCUT2D eigenvalue weighted by molar-refractivity contribution is 7.18. The van der Waals surface area contributed by atoms with E-state index in [0.717, 1.165) is 29.7 Å². The molecule has 0 saturated heterocycles. The zero-order chi connectivity index (χ0) is 19.7. The van der Waals surface area contributed by atoms with E-state index in [0.29, 0.717) is 23.1 Å². The van der Waals surface area contributed by atoms with Crippen molar-refractivity contribution in [1.82, 2.24) is 9.55 Å². The third-order valence-corrected chi connectivity index (χ3v) is 6.24. The maximum atomic E-state index is 12.8. The molecule has 4 rings (SSSR count). The highest BCUT2D eigenvalue weighted by Crippen LogP contribution is 2.34. The van der Waals surface area contributed by atoms with Crippen LogP contribution in [-0.4, -0.2) is 33.2 Å². The molecule has 146 valence electrons. The molecular formula is C21H22N2O4S. The first-order valence-corrected chi connectivity index (χ1v) is 10.3. The molecule has 1 unspecified atom stereocenters. The van der Waals surface area contributed by atoms with Crippen LogP contribution in [0.3, 0.4) is 0 Å². The van der Waals surface area contributed by atoms with Crippen molar-refractivity contribution in [2.75, 3.05) is 6.61 Å². The molecule has 3 aromatic rings. The molecule has 1 atom stereocenters. The first kappa shape index (κ1) is 18.8. The number of aliphatic hydroxyl groups is 1. The number of carbonyl (C=O) groups excluding carboxylic acids is 1. The van der Waals surface area contributed by atoms with Gasteiger partial charge < -0.3 is 9.84 Å². The summed E-state index contributed by atoms with van der Waals surface area (Å²) in [5.41, 5.74) is 1.69. The van der Waals surface area contributed by atoms with E-state index >= 15 is 0 Å². The van der Waals surface area contributed by atoms with Crippen LogP contribution in [0.2, 0.25) is 0 Å². The zero-order valence-electron chi connectivity index (χ0n) is 15.7. The average molecular weight is 398 g/mol. The predicted octanol–water partition coefficient (Wildman–Crippen LogP) is 2.98. The lowest BCUT2D eigenvalue weighted by Crippen LogP contribution is -2.30. The van der Waals surface area contributed by atoms with Crippen molar-refractivity contribution in [2.24, 2.45) is 0 Å². The maximum absolute atomic E-state index is 12.8. The Hall–Kier alpha value is -2.51. The van der Waals surface area contributed by atoms with Crippen molar-refractivity contribution in [2.45, 2.75) is 45.3 Å². The molecule has 2 aromatic heterocycles. The minimum Gasteiger partial charge on any atom is -0.491 e. The number of thiophene rings is 1. The number of ether oxygens (including phenoxy) is 1. The van der Waals surface area contributed by atoms with Crippen LogP contribution in [-0.2, 0) is 19.4 Å². The number of carbonyl (C=O) groups is 1. The Balaban J connectivity index is 1.42. The monoisotopic (exact) mass is 398 g/mol. The van der Waals surface area contributed by atoms with Crippen LogP contribution in [0.25, 0.3) is 10.2 Å². The number of aromatic nitrogens is 2. The van der Waals surface area contributed by atoms with E-state index in [1.165, 1.54) is 15.8 Å². The number of aryl methyl sites for hydroxylation is 2. The summed E-state index contributed by atoms with van der Waals surface area (Å²) in [7, 11) is 0. The standard InChI is InChI=1S/C21H22N2O4S/c1-2-17(25)13-6-8-15(9-7-13)27-11-14(24)10-23-12-22-20-19(21(23)26)16-4-3-5-18(16)28-20/h6-9,12,14,24H,2-5,10-11H2,1H3. The van der Waals surface area contributed by atoms with Gasteiger partial charge in [0.1, 0.15) is 23.3 Å². The number of hydrogen-bond acceptors (Lipinski definition) is 6. The summed E-state index contributed by atoms with van der Waals surface area (Å²) in [5.74, 6) is 0.650. The Labute approximate surface area is 166 Å². The van der Waals surface area contributed by atoms with Gasteiger partial charge in [-0.05, 0) is 49.1 Å². The SMILES string of the molecule is CCC(=O)c1ccc(OCC(O)Cn2cnc3sc4c(c3c2=O)CCC4)cc1. The van der Waals surface area contributed by atoms with Crippen LogP contribution < -0.4 is 10.3 Å². The lowest BCUT2D eigenvalue weighted by atomic mass is 10.1. The Bertz CT molecular complexity index is 1070. The van der Waals surface area contributed by atoms with Crippen LogP contribution in [0, 0.1) is 0 Å². The number of aliphatic hydroxyl groups excluding tert-OH is 1. The summed E-state index contributed by atoms with van der Waals surface area (Å²) in [4.78, 5) is 31.0. The Kier molecular flexibility index (Phi) is 5.28. The summed E-state index contributed by atoms with van der Waals surface area (Å²) in [6, 6.07) is 6.86. The van der Waals surface area contributed by atoms with E-state index < -0.39 is 6.10 Å². The minimum atomic E-state index is -0.847. The fourth-order valence-corrected chi connectivity index (χ4v) is 4.78. The van der Waals surface area contributed by atoms with Crippen LogP contribution in [0.15, 0.2) is 35.4 Å². The molecule has 0 fully saturated rings. The van der Waals surface area contributed by atoms with Gasteiger partial charge in [0.15, 0.2) is 5.78 Å². The predicted molar refractivity (Wildman–Crippen MR) is 108 cm³/mol. The van der Waals surface area contributed by atoms with Gasteiger partial charge in [-0.3, -0.25) is 14.2 Å². The number of Topliss-reactive ketones (excluding diaryl/α,β-unsaturated/α-hetero) is 1. The number of hydrogen-bond donors (Lipinski definition) is 1. The van der Waals surface area contributed by atoms with E-state index in [9.17, 15) is 14.7 Å². The highest BCUT2D eigenvalue weighted by Gasteiger charge is 2.21. The largest absolute Gasteiger partial charge is 0.491 e. The molecule has 0 radical (unpaired) electrons. The first-order chi connectivity index (χ1) is 13.6. The topological polar surface area (TPSA) is 81.4 Å². The molecule has 6 nitrogen and oxygen atoms in total. The van der Waals surface area contributed by atoms with Crippen LogP contribution in [0.5, 0.6) is 5.75 Å². The zero-order valence-corrected chi connectivity index (χ0v) is 16.5. The van der Waals surface area contributed by atoms with Gasteiger partial charge in [-0.1, -0.05) is 6.92 Å². The number of rotatable bonds is 7. The maximum Gasteiger partial charge on any atom is 0.262 e. The van der Waals surface area contributed by atoms with Crippen molar-refractivity contribution in [3.05, 3.63) is 57.0 Å². The first-order valence-electron chi connectivity index (χ1n) is 9.50. The van der Waals surface area contributed by atoms with Crippen molar-refractivity contribution in [3.8, 4) is 5.75 Å². The van der Waals surface area contributed by atoms with Gasteiger partial charge in [-0.2, -0.15) is 0 Å². The second-order valence-corrected chi connectivity index (χ2v) is 8.09. The van der Waals surface area contributed by atoms with Crippen LogP contribution in [0.1, 0.15) is 40.6 Å². The van der Waals surface area contributed by atoms with Gasteiger partial charge in [-0.15, -0.1) is 11.3 Å². The van der Waals surface area contributed by atoms with Gasteiger partial charge in [0, 0.05) is 16.9 Å². The summed E-state index contributed by atoms with van der Waals surface area (Å²) >= 11 is 1.60. The molecule has 28 heavy (non-hydrogen) atoms. The molecule has 1 aromatic carbocycles. The number of benzene rings is 1. The van der Waals surface area contributed by atoms with Gasteiger partial charge in [0.25, 0.3) is 5.56 Å². The lowest BCUT2D eigenvalue weighted by molar-refractivity contribution is 0.0913. The number of nitrogens with zero attached hydrogens (tertiary/aromatic N) is 2. The smallest absolute Gasteiger partial charge is 0.262 e. The van der Waals surface area contributed by atoms with E-state index in [1.54, 1.807) is 35.6 Å². The number of ketones is 1. The molecule has 2 heterocycles. The Morgan fingerprint density at radius 2 is 2.11 bits per heavy atom. The summed E-state index contributed by atoms with van der Waals surface area (Å²) < 4.78 is 7.06. The number of fused-ring (bicyclic) bond motifs is 3. The molecule has 0 amide bonds. The molecular weight excluding hydrogens is 376 g/mol. The van der Waals surface area contributed by atoms with Crippen molar-refractivity contribution < 1.29 is 14.6 Å². The normalized spacial score (nSPS) is 14.2. The van der Waals surface area contributed by atoms with Crippen molar-refractivity contribution in [1.29, 1.82) is 0 Å². The molecule has 0 bridgehead atoms. The third-order valence-electron chi connectivity index (χ3n) is 5.04. The van der Waals surface area contributed by atoms with Crippen molar-refractivity contribution >= 4 is 27.3 Å². The lowest BCUT2D eigenvalue weighted by Gasteiger charge is -2.14. The summed E-state index contributed by atoms with van der Waals surface area (Å²) in [5, 5.41) is 11.0. The molecule has 0 saturated carbocycles. The second-order valence-electron chi connectivity index (χ2n) is 7.01. The average Bonchev–Trinajstić information content (AvgIpc) is 3.29. The van der Waals surface area contributed by atoms with E-state index in [-0.39, 0.29) is 24.5 Å². The molecule has 0 spiro atoms. The molecule has 0 aliphatic heterocycles. The minimum absolute atomic E-state index is 0.0489. The summed E-state index contributed by atoms with van der Waals surface area (Å²) in [6.07, 6.45) is 4.16. The fraction of sp³-hybridized carbons (Fsp3) is 0.381. The fourth-order valence-electron chi connectivity index (χ4n) is 3.56. The Morgan fingerprint density at radius 3 is 2.86 bits per heavy atom. The van der Waals surface area contributed by atoms with Gasteiger partial charge in [-0.25, -0.2) is 4.98 Å². The molecule has 7 heteroatoms. The van der Waals surface area contributed by atoms with Crippen LogP contribution in [0.4, 0.5) is 0 Å². The van der Waals surface area contributed by atoms with E-state index in [2.05, 4.69) is 4.98 Å². The highest BCUT2D eigenvalue weighted by atomic mass is 32.1. The second kappa shape index (κ2) is 7.85. The Morgan fingerprint density at radius 1 is 1.32 bits per heavy atom. The van der Waals surface area contributed by atoms with E-state index in [1.807, 2.05) is 6.92 Å². The third kappa shape index (κ3) is 3.59. The summed E-state index contributed by atoms with van der Waals surface area (Å²) in [6.45, 7) is 1.99.